The molecule has 4 nitrogen and oxygen atoms in total. The second kappa shape index (κ2) is 4.99. The number of rotatable bonds is 2. The number of nitrogens with zero attached hydrogens (tertiary/aromatic N) is 3. The second-order valence-corrected chi connectivity index (χ2v) is 4.22. The maximum atomic E-state index is 12.9. The number of aromatic nitrogens is 2. The summed E-state index contributed by atoms with van der Waals surface area (Å²) in [5.74, 6) is -0.325. The quantitative estimate of drug-likeness (QED) is 0.850. The normalized spacial score (nSPS) is 11.4. The van der Waals surface area contributed by atoms with Crippen LogP contribution in [0.4, 0.5) is 19.0 Å². The van der Waals surface area contributed by atoms with E-state index in [1.165, 1.54) is 30.1 Å². The third kappa shape index (κ3) is 2.52. The van der Waals surface area contributed by atoms with E-state index < -0.39 is 17.6 Å². The molecular formula is C13H12F3N3O. The number of hydrogen-bond donors (Lipinski definition) is 0. The molecule has 2 aromatic rings. The molecule has 0 aliphatic carbocycles. The SMILES string of the molecule is CN(C(=O)c1ccccc1C(F)(F)F)c1ccnn1C. The van der Waals surface area contributed by atoms with Gasteiger partial charge < -0.3 is 0 Å². The molecule has 0 atom stereocenters. The van der Waals surface area contributed by atoms with Gasteiger partial charge in [-0.15, -0.1) is 0 Å². The van der Waals surface area contributed by atoms with Crippen molar-refractivity contribution in [2.45, 2.75) is 6.18 Å². The Morgan fingerprint density at radius 2 is 1.90 bits per heavy atom. The van der Waals surface area contributed by atoms with Gasteiger partial charge in [0.2, 0.25) is 0 Å². The largest absolute Gasteiger partial charge is 0.417 e. The fraction of sp³-hybridized carbons (Fsp3) is 0.231. The van der Waals surface area contributed by atoms with Crippen molar-refractivity contribution >= 4 is 11.7 Å². The highest BCUT2D eigenvalue weighted by molar-refractivity contribution is 6.06. The van der Waals surface area contributed by atoms with Crippen molar-refractivity contribution in [2.24, 2.45) is 7.05 Å². The molecule has 1 aromatic heterocycles. The van der Waals surface area contributed by atoms with E-state index in [0.29, 0.717) is 5.82 Å². The predicted octanol–water partition coefficient (Wildman–Crippen LogP) is 2.72. The summed E-state index contributed by atoms with van der Waals surface area (Å²) in [6.07, 6.45) is -3.10. The zero-order chi connectivity index (χ0) is 14.9. The molecule has 0 radical (unpaired) electrons. The van der Waals surface area contributed by atoms with Crippen LogP contribution in [-0.2, 0) is 13.2 Å². The Hall–Kier alpha value is -2.31. The number of carbonyl (C=O) groups excluding carboxylic acids is 1. The molecule has 0 aliphatic rings. The van der Waals surface area contributed by atoms with E-state index >= 15 is 0 Å². The molecule has 0 aliphatic heterocycles. The van der Waals surface area contributed by atoms with E-state index in [2.05, 4.69) is 5.10 Å². The highest BCUT2D eigenvalue weighted by Crippen LogP contribution is 2.32. The molecule has 1 heterocycles. The third-order valence-electron chi connectivity index (χ3n) is 2.91. The van der Waals surface area contributed by atoms with E-state index in [9.17, 15) is 18.0 Å². The topological polar surface area (TPSA) is 38.1 Å². The van der Waals surface area contributed by atoms with Crippen LogP contribution >= 0.6 is 0 Å². The average molecular weight is 283 g/mol. The van der Waals surface area contributed by atoms with Gasteiger partial charge in [0.05, 0.1) is 17.3 Å². The number of carbonyl (C=O) groups is 1. The van der Waals surface area contributed by atoms with Crippen LogP contribution in [0.1, 0.15) is 15.9 Å². The van der Waals surface area contributed by atoms with Crippen molar-refractivity contribution < 1.29 is 18.0 Å². The zero-order valence-electron chi connectivity index (χ0n) is 10.8. The minimum Gasteiger partial charge on any atom is -0.296 e. The molecule has 0 saturated heterocycles. The Bertz CT molecular complexity index is 634. The van der Waals surface area contributed by atoms with Gasteiger partial charge in [-0.3, -0.25) is 14.4 Å². The highest BCUT2D eigenvalue weighted by Gasteiger charge is 2.35. The van der Waals surface area contributed by atoms with Crippen molar-refractivity contribution in [1.29, 1.82) is 0 Å². The van der Waals surface area contributed by atoms with Gasteiger partial charge in [-0.1, -0.05) is 12.1 Å². The lowest BCUT2D eigenvalue weighted by Gasteiger charge is -2.19. The molecule has 0 N–H and O–H groups in total. The van der Waals surface area contributed by atoms with E-state index in [0.717, 1.165) is 17.0 Å². The summed E-state index contributed by atoms with van der Waals surface area (Å²) in [4.78, 5) is 13.4. The first-order valence-corrected chi connectivity index (χ1v) is 5.74. The monoisotopic (exact) mass is 283 g/mol. The molecule has 1 aromatic carbocycles. The van der Waals surface area contributed by atoms with Crippen LogP contribution in [0.2, 0.25) is 0 Å². The van der Waals surface area contributed by atoms with Gasteiger partial charge in [-0.05, 0) is 12.1 Å². The predicted molar refractivity (Wildman–Crippen MR) is 67.4 cm³/mol. The molecule has 7 heteroatoms. The summed E-state index contributed by atoms with van der Waals surface area (Å²) in [7, 11) is 3.02. The van der Waals surface area contributed by atoms with Gasteiger partial charge in [0, 0.05) is 20.2 Å². The standard InChI is InChI=1S/C13H12F3N3O/c1-18(11-7-8-17-19(11)2)12(20)9-5-3-4-6-10(9)13(14,15)16/h3-8H,1-2H3. The summed E-state index contributed by atoms with van der Waals surface area (Å²) in [6.45, 7) is 0. The van der Waals surface area contributed by atoms with Crippen LogP contribution in [0.5, 0.6) is 0 Å². The smallest absolute Gasteiger partial charge is 0.296 e. The fourth-order valence-electron chi connectivity index (χ4n) is 1.90. The molecule has 0 fully saturated rings. The van der Waals surface area contributed by atoms with Crippen molar-refractivity contribution in [2.75, 3.05) is 11.9 Å². The lowest BCUT2D eigenvalue weighted by molar-refractivity contribution is -0.137. The number of halogens is 3. The number of alkyl halides is 3. The average Bonchev–Trinajstić information content (AvgIpc) is 2.82. The molecule has 0 saturated carbocycles. The first-order valence-electron chi connectivity index (χ1n) is 5.74. The van der Waals surface area contributed by atoms with Crippen LogP contribution in [0.15, 0.2) is 36.5 Å². The molecule has 0 bridgehead atoms. The lowest BCUT2D eigenvalue weighted by atomic mass is 10.1. The van der Waals surface area contributed by atoms with Crippen LogP contribution in [0, 0.1) is 0 Å². The Balaban J connectivity index is 2.42. The third-order valence-corrected chi connectivity index (χ3v) is 2.91. The second-order valence-electron chi connectivity index (χ2n) is 4.22. The molecule has 2 rings (SSSR count). The van der Waals surface area contributed by atoms with Crippen LogP contribution in [0.3, 0.4) is 0 Å². The Morgan fingerprint density at radius 3 is 2.45 bits per heavy atom. The highest BCUT2D eigenvalue weighted by atomic mass is 19.4. The molecule has 0 spiro atoms. The summed E-state index contributed by atoms with van der Waals surface area (Å²) in [5, 5.41) is 3.89. The van der Waals surface area contributed by atoms with Crippen LogP contribution in [0.25, 0.3) is 0 Å². The number of amides is 1. The van der Waals surface area contributed by atoms with Gasteiger partial charge in [0.1, 0.15) is 5.82 Å². The van der Waals surface area contributed by atoms with E-state index in [-0.39, 0.29) is 5.56 Å². The van der Waals surface area contributed by atoms with Crippen molar-refractivity contribution in [3.8, 4) is 0 Å². The fourth-order valence-corrected chi connectivity index (χ4v) is 1.90. The first kappa shape index (κ1) is 14.1. The van der Waals surface area contributed by atoms with E-state index in [1.807, 2.05) is 0 Å². The summed E-state index contributed by atoms with van der Waals surface area (Å²) < 4.78 is 40.1. The van der Waals surface area contributed by atoms with E-state index in [4.69, 9.17) is 0 Å². The summed E-state index contributed by atoms with van der Waals surface area (Å²) in [6, 6.07) is 6.26. The summed E-state index contributed by atoms with van der Waals surface area (Å²) in [5.41, 5.74) is -1.33. The first-order chi connectivity index (χ1) is 9.32. The number of aryl methyl sites for hydroxylation is 1. The molecular weight excluding hydrogens is 271 g/mol. The Labute approximate surface area is 113 Å². The lowest BCUT2D eigenvalue weighted by Crippen LogP contribution is -2.30. The van der Waals surface area contributed by atoms with Gasteiger partial charge in [0.25, 0.3) is 5.91 Å². The molecule has 1 amide bonds. The number of hydrogen-bond acceptors (Lipinski definition) is 2. The molecule has 20 heavy (non-hydrogen) atoms. The maximum Gasteiger partial charge on any atom is 0.417 e. The van der Waals surface area contributed by atoms with E-state index in [1.54, 1.807) is 13.1 Å². The Morgan fingerprint density at radius 1 is 1.25 bits per heavy atom. The van der Waals surface area contributed by atoms with Crippen molar-refractivity contribution in [3.05, 3.63) is 47.7 Å². The minimum absolute atomic E-state index is 0.385. The van der Waals surface area contributed by atoms with Crippen LogP contribution < -0.4 is 4.90 Å². The molecule has 0 unspecified atom stereocenters. The van der Waals surface area contributed by atoms with Gasteiger partial charge in [-0.2, -0.15) is 18.3 Å². The minimum atomic E-state index is -4.57. The Kier molecular flexibility index (Phi) is 3.52. The number of benzene rings is 1. The van der Waals surface area contributed by atoms with Crippen molar-refractivity contribution in [1.82, 2.24) is 9.78 Å². The zero-order valence-corrected chi connectivity index (χ0v) is 10.8. The van der Waals surface area contributed by atoms with Crippen LogP contribution in [-0.4, -0.2) is 22.7 Å². The van der Waals surface area contributed by atoms with Gasteiger partial charge in [0.15, 0.2) is 0 Å². The summed E-state index contributed by atoms with van der Waals surface area (Å²) >= 11 is 0. The van der Waals surface area contributed by atoms with Gasteiger partial charge >= 0.3 is 6.18 Å². The maximum absolute atomic E-state index is 12.9. The molecule has 106 valence electrons. The number of anilines is 1. The van der Waals surface area contributed by atoms with Crippen molar-refractivity contribution in [3.63, 3.8) is 0 Å². The van der Waals surface area contributed by atoms with Gasteiger partial charge in [-0.25, -0.2) is 0 Å².